The number of alkyl halides is 1. The first kappa shape index (κ1) is 12.9. The molecule has 1 aromatic rings. The first-order valence-electron chi connectivity index (χ1n) is 6.61. The summed E-state index contributed by atoms with van der Waals surface area (Å²) in [6.45, 7) is 3.18. The van der Waals surface area contributed by atoms with Crippen LogP contribution in [0.4, 0.5) is 5.69 Å². The maximum absolute atomic E-state index is 12.6. The van der Waals surface area contributed by atoms with Crippen LogP contribution in [0, 0.1) is 0 Å². The lowest BCUT2D eigenvalue weighted by molar-refractivity contribution is -0.134. The van der Waals surface area contributed by atoms with E-state index in [1.165, 1.54) is 0 Å². The number of rotatable bonds is 3. The van der Waals surface area contributed by atoms with Crippen molar-refractivity contribution in [2.75, 3.05) is 18.1 Å². The predicted octanol–water partition coefficient (Wildman–Crippen LogP) is 1.74. The number of benzene rings is 1. The van der Waals surface area contributed by atoms with Gasteiger partial charge in [-0.05, 0) is 25.5 Å². The Bertz CT molecular complexity index is 482. The molecule has 3 atom stereocenters. The smallest absolute Gasteiger partial charge is 0.265 e. The van der Waals surface area contributed by atoms with Gasteiger partial charge in [0.25, 0.3) is 5.91 Å². The zero-order valence-electron chi connectivity index (χ0n) is 10.8. The molecule has 0 saturated carbocycles. The monoisotopic (exact) mass is 280 g/mol. The largest absolute Gasteiger partial charge is 0.375 e. The third-order valence-electron chi connectivity index (χ3n) is 3.82. The van der Waals surface area contributed by atoms with Crippen LogP contribution in [0.25, 0.3) is 0 Å². The summed E-state index contributed by atoms with van der Waals surface area (Å²) in [6.07, 6.45) is 0.510. The Hall–Kier alpha value is -1.10. The minimum absolute atomic E-state index is 0.104. The number of piperazine rings is 1. The molecule has 4 rings (SSSR count). The SMILES string of the molecule is CCOC1CC2CNC1(Cl)C(=O)N2c1ccccc1. The van der Waals surface area contributed by atoms with Crippen molar-refractivity contribution in [1.82, 2.24) is 5.32 Å². The van der Waals surface area contributed by atoms with E-state index in [0.29, 0.717) is 13.2 Å². The number of ether oxygens (including phenoxy) is 1. The van der Waals surface area contributed by atoms with Crippen molar-refractivity contribution in [3.63, 3.8) is 0 Å². The van der Waals surface area contributed by atoms with E-state index in [9.17, 15) is 4.79 Å². The molecule has 2 bridgehead atoms. The van der Waals surface area contributed by atoms with E-state index in [2.05, 4.69) is 5.32 Å². The second-order valence-corrected chi connectivity index (χ2v) is 5.53. The second-order valence-electron chi connectivity index (χ2n) is 4.94. The number of hydrogen-bond acceptors (Lipinski definition) is 3. The molecule has 0 radical (unpaired) electrons. The van der Waals surface area contributed by atoms with Gasteiger partial charge in [0.2, 0.25) is 0 Å². The van der Waals surface area contributed by atoms with Crippen LogP contribution in [0.3, 0.4) is 0 Å². The number of nitrogens with one attached hydrogen (secondary N) is 1. The summed E-state index contributed by atoms with van der Waals surface area (Å²) >= 11 is 6.51. The van der Waals surface area contributed by atoms with Crippen LogP contribution in [-0.2, 0) is 9.53 Å². The van der Waals surface area contributed by atoms with Crippen molar-refractivity contribution in [2.45, 2.75) is 30.5 Å². The number of nitrogens with zero attached hydrogens (tertiary/aromatic N) is 1. The summed E-state index contributed by atoms with van der Waals surface area (Å²) < 4.78 is 5.63. The van der Waals surface area contributed by atoms with Crippen molar-refractivity contribution in [1.29, 1.82) is 0 Å². The van der Waals surface area contributed by atoms with Gasteiger partial charge < -0.3 is 9.64 Å². The molecule has 1 aromatic carbocycles. The third-order valence-corrected chi connectivity index (χ3v) is 4.36. The maximum Gasteiger partial charge on any atom is 0.265 e. The van der Waals surface area contributed by atoms with Gasteiger partial charge >= 0.3 is 0 Å². The highest BCUT2D eigenvalue weighted by Crippen LogP contribution is 2.39. The summed E-state index contributed by atoms with van der Waals surface area (Å²) in [6, 6.07) is 9.78. The van der Waals surface area contributed by atoms with E-state index in [1.54, 1.807) is 4.90 Å². The maximum atomic E-state index is 12.6. The van der Waals surface area contributed by atoms with Crippen molar-refractivity contribution in [3.8, 4) is 0 Å². The number of para-hydroxylation sites is 1. The predicted molar refractivity (Wildman–Crippen MR) is 74.3 cm³/mol. The van der Waals surface area contributed by atoms with E-state index >= 15 is 0 Å². The number of carbonyl (C=O) groups excluding carboxylic acids is 1. The van der Waals surface area contributed by atoms with E-state index in [1.807, 2.05) is 37.3 Å². The van der Waals surface area contributed by atoms with E-state index < -0.39 is 5.00 Å². The van der Waals surface area contributed by atoms with Crippen LogP contribution in [0.15, 0.2) is 30.3 Å². The molecule has 3 aliphatic rings. The van der Waals surface area contributed by atoms with Crippen LogP contribution in [-0.4, -0.2) is 36.2 Å². The number of carbonyl (C=O) groups is 1. The van der Waals surface area contributed by atoms with Crippen LogP contribution in [0.5, 0.6) is 0 Å². The molecule has 1 N–H and O–H groups in total. The summed E-state index contributed by atoms with van der Waals surface area (Å²) in [5.41, 5.74) is 0.902. The normalized spacial score (nSPS) is 33.8. The highest BCUT2D eigenvalue weighted by atomic mass is 35.5. The minimum Gasteiger partial charge on any atom is -0.375 e. The standard InChI is InChI=1S/C14H17ClN2O2/c1-2-19-12-8-11-9-16-14(12,15)13(18)17(11)10-6-4-3-5-7-10/h3-7,11-12,16H,2,8-9H2,1H3. The molecular weight excluding hydrogens is 264 g/mol. The molecular formula is C14H17ClN2O2. The fraction of sp³-hybridized carbons (Fsp3) is 0.500. The number of amides is 1. The Kier molecular flexibility index (Phi) is 3.25. The molecule has 3 aliphatic heterocycles. The molecule has 0 spiro atoms. The lowest BCUT2D eigenvalue weighted by Crippen LogP contribution is -2.76. The lowest BCUT2D eigenvalue weighted by Gasteiger charge is -2.52. The summed E-state index contributed by atoms with van der Waals surface area (Å²) in [5.74, 6) is -0.110. The van der Waals surface area contributed by atoms with E-state index in [-0.39, 0.29) is 18.1 Å². The first-order valence-corrected chi connectivity index (χ1v) is 6.99. The quantitative estimate of drug-likeness (QED) is 0.677. The third kappa shape index (κ3) is 1.95. The Balaban J connectivity index is 1.93. The molecule has 102 valence electrons. The molecule has 5 heteroatoms. The van der Waals surface area contributed by atoms with E-state index in [4.69, 9.17) is 16.3 Å². The van der Waals surface area contributed by atoms with Gasteiger partial charge in [-0.1, -0.05) is 29.8 Å². The molecule has 3 fully saturated rings. The Morgan fingerprint density at radius 2 is 2.21 bits per heavy atom. The Morgan fingerprint density at radius 1 is 1.47 bits per heavy atom. The second kappa shape index (κ2) is 4.78. The number of halogens is 1. The average Bonchev–Trinajstić information content (AvgIpc) is 2.43. The van der Waals surface area contributed by atoms with Gasteiger partial charge in [0.1, 0.15) is 6.10 Å². The Labute approximate surface area is 117 Å². The van der Waals surface area contributed by atoms with Crippen LogP contribution < -0.4 is 10.2 Å². The lowest BCUT2D eigenvalue weighted by atomic mass is 9.88. The van der Waals surface area contributed by atoms with Crippen molar-refractivity contribution in [2.24, 2.45) is 0 Å². The molecule has 0 aliphatic carbocycles. The number of hydrogen-bond donors (Lipinski definition) is 1. The van der Waals surface area contributed by atoms with Crippen molar-refractivity contribution in [3.05, 3.63) is 30.3 Å². The molecule has 3 saturated heterocycles. The van der Waals surface area contributed by atoms with Crippen LogP contribution >= 0.6 is 11.6 Å². The fourth-order valence-corrected chi connectivity index (χ4v) is 3.25. The zero-order chi connectivity index (χ0) is 13.5. The first-order chi connectivity index (χ1) is 9.16. The van der Waals surface area contributed by atoms with E-state index in [0.717, 1.165) is 12.1 Å². The Morgan fingerprint density at radius 3 is 2.89 bits per heavy atom. The molecule has 4 nitrogen and oxygen atoms in total. The van der Waals surface area contributed by atoms with Gasteiger partial charge in [-0.25, -0.2) is 0 Å². The van der Waals surface area contributed by atoms with Crippen molar-refractivity contribution >= 4 is 23.2 Å². The molecule has 0 aromatic heterocycles. The van der Waals surface area contributed by atoms with Gasteiger partial charge in [-0.15, -0.1) is 0 Å². The number of anilines is 1. The molecule has 3 unspecified atom stereocenters. The van der Waals surface area contributed by atoms with Gasteiger partial charge in [-0.2, -0.15) is 0 Å². The zero-order valence-corrected chi connectivity index (χ0v) is 11.6. The number of piperidine rings is 2. The van der Waals surface area contributed by atoms with Gasteiger partial charge in [0.05, 0.1) is 6.04 Å². The minimum atomic E-state index is -1.12. The van der Waals surface area contributed by atoms with Gasteiger partial charge in [0, 0.05) is 18.8 Å². The highest BCUT2D eigenvalue weighted by Gasteiger charge is 2.57. The topological polar surface area (TPSA) is 41.6 Å². The molecule has 19 heavy (non-hydrogen) atoms. The molecule has 1 amide bonds. The van der Waals surface area contributed by atoms with Crippen molar-refractivity contribution < 1.29 is 9.53 Å². The average molecular weight is 281 g/mol. The van der Waals surface area contributed by atoms with Crippen LogP contribution in [0.1, 0.15) is 13.3 Å². The number of fused-ring (bicyclic) bond motifs is 3. The fourth-order valence-electron chi connectivity index (χ4n) is 2.92. The molecule has 3 heterocycles. The summed E-state index contributed by atoms with van der Waals surface area (Å²) in [7, 11) is 0. The summed E-state index contributed by atoms with van der Waals surface area (Å²) in [4.78, 5) is 13.3. The van der Waals surface area contributed by atoms with Gasteiger partial charge in [-0.3, -0.25) is 10.1 Å². The van der Waals surface area contributed by atoms with Crippen LogP contribution in [0.2, 0.25) is 0 Å². The highest BCUT2D eigenvalue weighted by molar-refractivity contribution is 6.38. The van der Waals surface area contributed by atoms with Gasteiger partial charge in [0.15, 0.2) is 5.00 Å². The summed E-state index contributed by atoms with van der Waals surface area (Å²) in [5, 5.41) is 3.13.